The number of hydrogen-bond acceptors (Lipinski definition) is 3. The smallest absolute Gasteiger partial charge is 0.303 e. The van der Waals surface area contributed by atoms with E-state index in [0.717, 1.165) is 38.5 Å². The summed E-state index contributed by atoms with van der Waals surface area (Å²) >= 11 is 0. The molecule has 0 aromatic carbocycles. The van der Waals surface area contributed by atoms with Crippen LogP contribution in [0.4, 0.5) is 0 Å². The number of aliphatic carboxylic acids is 1. The van der Waals surface area contributed by atoms with Crippen LogP contribution < -0.4 is 0 Å². The topological polar surface area (TPSA) is 77.8 Å². The molecule has 2 N–H and O–H groups in total. The van der Waals surface area contributed by atoms with Crippen LogP contribution in [0, 0.1) is 11.8 Å². The first-order valence-electron chi connectivity index (χ1n) is 8.61. The number of aliphatic hydroxyl groups excluding tert-OH is 1. The van der Waals surface area contributed by atoms with Gasteiger partial charge in [-0.1, -0.05) is 44.4 Å². The van der Waals surface area contributed by atoms with E-state index in [0.29, 0.717) is 25.9 Å². The highest BCUT2D eigenvalue weighted by molar-refractivity contribution is 5.73. The molecule has 5 heteroatoms. The van der Waals surface area contributed by atoms with E-state index in [1.807, 2.05) is 0 Å². The number of aliphatic hydroxyl groups is 1. The Morgan fingerprint density at radius 3 is 2.39 bits per heavy atom. The van der Waals surface area contributed by atoms with Gasteiger partial charge >= 0.3 is 5.97 Å². The van der Waals surface area contributed by atoms with Crippen molar-refractivity contribution in [2.45, 2.75) is 77.7 Å². The Kier molecular flexibility index (Phi) is 13.1. The van der Waals surface area contributed by atoms with Gasteiger partial charge in [-0.3, -0.25) is 9.59 Å². The Morgan fingerprint density at radius 1 is 1.09 bits per heavy atom. The molecule has 23 heavy (non-hydrogen) atoms. The van der Waals surface area contributed by atoms with Crippen LogP contribution in [0.2, 0.25) is 0 Å². The summed E-state index contributed by atoms with van der Waals surface area (Å²) in [5.41, 5.74) is 0. The number of unbranched alkanes of at least 4 members (excludes halogenated alkanes) is 5. The molecule has 0 spiro atoms. The van der Waals surface area contributed by atoms with Gasteiger partial charge in [0.15, 0.2) is 0 Å². The number of hydrogen-bond donors (Lipinski definition) is 2. The fourth-order valence-corrected chi connectivity index (χ4v) is 2.20. The number of carboxylic acid groups (broad SMARTS) is 1. The monoisotopic (exact) mass is 325 g/mol. The molecule has 0 aromatic rings. The van der Waals surface area contributed by atoms with Gasteiger partial charge in [-0.2, -0.15) is 0 Å². The lowest BCUT2D eigenvalue weighted by Gasteiger charge is -2.18. The first kappa shape index (κ1) is 21.5. The zero-order chi connectivity index (χ0) is 17.5. The van der Waals surface area contributed by atoms with Crippen molar-refractivity contribution in [3.8, 4) is 11.8 Å². The third kappa shape index (κ3) is 13.8. The fourth-order valence-electron chi connectivity index (χ4n) is 2.20. The van der Waals surface area contributed by atoms with Gasteiger partial charge in [0.2, 0.25) is 5.91 Å². The van der Waals surface area contributed by atoms with E-state index in [-0.39, 0.29) is 12.3 Å². The lowest BCUT2D eigenvalue weighted by atomic mass is 10.1. The molecule has 0 saturated carbocycles. The zero-order valence-electron chi connectivity index (χ0n) is 14.5. The predicted octanol–water partition coefficient (Wildman–Crippen LogP) is 2.81. The second-order valence-corrected chi connectivity index (χ2v) is 5.83. The standard InChI is InChI=1S/C18H31NO4/c1-3-4-7-11-17(21)12-10-15-19(16(2)20)14-9-6-5-8-13-18(22)23/h17,21H,3-9,11,13-15H2,1-2H3,(H,22,23)/t17-/m1/s1. The van der Waals surface area contributed by atoms with Crippen molar-refractivity contribution in [2.24, 2.45) is 0 Å². The maximum Gasteiger partial charge on any atom is 0.303 e. The van der Waals surface area contributed by atoms with Gasteiger partial charge in [0.1, 0.15) is 6.10 Å². The quantitative estimate of drug-likeness (QED) is 0.427. The van der Waals surface area contributed by atoms with E-state index < -0.39 is 12.1 Å². The van der Waals surface area contributed by atoms with Crippen LogP contribution in [-0.4, -0.2) is 46.2 Å². The molecule has 0 unspecified atom stereocenters. The van der Waals surface area contributed by atoms with Crippen molar-refractivity contribution in [1.82, 2.24) is 4.90 Å². The minimum absolute atomic E-state index is 0.0229. The van der Waals surface area contributed by atoms with Gasteiger partial charge in [0, 0.05) is 19.9 Å². The minimum atomic E-state index is -0.761. The molecular weight excluding hydrogens is 294 g/mol. The number of nitrogens with zero attached hydrogens (tertiary/aromatic N) is 1. The third-order valence-electron chi connectivity index (χ3n) is 3.63. The van der Waals surface area contributed by atoms with E-state index in [4.69, 9.17) is 5.11 Å². The molecule has 0 rings (SSSR count). The fraction of sp³-hybridized carbons (Fsp3) is 0.778. The van der Waals surface area contributed by atoms with Crippen LogP contribution in [-0.2, 0) is 9.59 Å². The minimum Gasteiger partial charge on any atom is -0.481 e. The van der Waals surface area contributed by atoms with Crippen molar-refractivity contribution >= 4 is 11.9 Å². The van der Waals surface area contributed by atoms with Crippen LogP contribution >= 0.6 is 0 Å². The molecule has 0 aliphatic carbocycles. The van der Waals surface area contributed by atoms with Gasteiger partial charge in [-0.15, -0.1) is 0 Å². The van der Waals surface area contributed by atoms with Crippen LogP contribution in [0.5, 0.6) is 0 Å². The Bertz CT molecular complexity index is 398. The molecular formula is C18H31NO4. The molecule has 0 radical (unpaired) electrons. The van der Waals surface area contributed by atoms with Gasteiger partial charge in [-0.05, 0) is 25.7 Å². The van der Waals surface area contributed by atoms with Crippen LogP contribution in [0.25, 0.3) is 0 Å². The summed E-state index contributed by atoms with van der Waals surface area (Å²) in [5, 5.41) is 18.3. The first-order valence-corrected chi connectivity index (χ1v) is 8.61. The number of amides is 1. The highest BCUT2D eigenvalue weighted by atomic mass is 16.4. The molecule has 132 valence electrons. The SMILES string of the molecule is CCCCC[C@@H](O)C#CCN(CCCCCCC(=O)O)C(C)=O. The second-order valence-electron chi connectivity index (χ2n) is 5.83. The number of rotatable bonds is 12. The zero-order valence-corrected chi connectivity index (χ0v) is 14.5. The number of carbonyl (C=O) groups excluding carboxylic acids is 1. The maximum atomic E-state index is 11.6. The van der Waals surface area contributed by atoms with Crippen LogP contribution in [0.15, 0.2) is 0 Å². The van der Waals surface area contributed by atoms with Gasteiger partial charge in [0.05, 0.1) is 6.54 Å². The summed E-state index contributed by atoms with van der Waals surface area (Å²) in [6, 6.07) is 0. The summed E-state index contributed by atoms with van der Waals surface area (Å²) in [7, 11) is 0. The molecule has 1 atom stereocenters. The molecule has 0 aromatic heterocycles. The molecule has 0 fully saturated rings. The van der Waals surface area contributed by atoms with Crippen molar-refractivity contribution in [3.63, 3.8) is 0 Å². The van der Waals surface area contributed by atoms with Gasteiger partial charge < -0.3 is 15.1 Å². The summed E-state index contributed by atoms with van der Waals surface area (Å²) in [6.45, 7) is 4.60. The molecule has 0 bridgehead atoms. The average Bonchev–Trinajstić information content (AvgIpc) is 2.48. The Hall–Kier alpha value is -1.54. The summed E-state index contributed by atoms with van der Waals surface area (Å²) in [5.74, 6) is 4.90. The lowest BCUT2D eigenvalue weighted by Crippen LogP contribution is -2.30. The van der Waals surface area contributed by atoms with Crippen molar-refractivity contribution < 1.29 is 19.8 Å². The van der Waals surface area contributed by atoms with E-state index in [2.05, 4.69) is 18.8 Å². The Morgan fingerprint density at radius 2 is 1.78 bits per heavy atom. The Labute approximate surface area is 140 Å². The Balaban J connectivity index is 3.94. The van der Waals surface area contributed by atoms with Crippen molar-refractivity contribution in [2.75, 3.05) is 13.1 Å². The van der Waals surface area contributed by atoms with Crippen LogP contribution in [0.3, 0.4) is 0 Å². The predicted molar refractivity (Wildman–Crippen MR) is 90.9 cm³/mol. The highest BCUT2D eigenvalue weighted by Gasteiger charge is 2.06. The number of carbonyl (C=O) groups is 2. The van der Waals surface area contributed by atoms with Crippen molar-refractivity contribution in [3.05, 3.63) is 0 Å². The van der Waals surface area contributed by atoms with Gasteiger partial charge in [-0.25, -0.2) is 0 Å². The van der Waals surface area contributed by atoms with E-state index in [1.54, 1.807) is 4.90 Å². The molecule has 0 heterocycles. The second kappa shape index (κ2) is 14.1. The molecule has 5 nitrogen and oxygen atoms in total. The largest absolute Gasteiger partial charge is 0.481 e. The summed E-state index contributed by atoms with van der Waals surface area (Å²) in [6.07, 6.45) is 6.77. The highest BCUT2D eigenvalue weighted by Crippen LogP contribution is 2.05. The maximum absolute atomic E-state index is 11.6. The number of carboxylic acids is 1. The third-order valence-corrected chi connectivity index (χ3v) is 3.63. The van der Waals surface area contributed by atoms with Crippen LogP contribution in [0.1, 0.15) is 71.6 Å². The molecule has 0 saturated heterocycles. The lowest BCUT2D eigenvalue weighted by molar-refractivity contribution is -0.137. The van der Waals surface area contributed by atoms with E-state index in [1.165, 1.54) is 6.92 Å². The van der Waals surface area contributed by atoms with Gasteiger partial charge in [0.25, 0.3) is 0 Å². The molecule has 1 amide bonds. The summed E-state index contributed by atoms with van der Waals surface area (Å²) < 4.78 is 0. The van der Waals surface area contributed by atoms with Crippen molar-refractivity contribution in [1.29, 1.82) is 0 Å². The molecule has 0 aliphatic rings. The normalized spacial score (nSPS) is 11.4. The summed E-state index contributed by atoms with van der Waals surface area (Å²) in [4.78, 5) is 23.6. The molecule has 0 aliphatic heterocycles. The van der Waals surface area contributed by atoms with E-state index in [9.17, 15) is 14.7 Å². The van der Waals surface area contributed by atoms with E-state index >= 15 is 0 Å². The first-order chi connectivity index (χ1) is 11.0. The average molecular weight is 325 g/mol.